The molecule has 2 aromatic heterocycles. The molecule has 124 valence electrons. The summed E-state index contributed by atoms with van der Waals surface area (Å²) in [5, 5.41) is 14.0. The molecule has 0 amide bonds. The van der Waals surface area contributed by atoms with Crippen LogP contribution in [0.2, 0.25) is 0 Å². The van der Waals surface area contributed by atoms with Gasteiger partial charge in [-0.05, 0) is 36.6 Å². The lowest BCUT2D eigenvalue weighted by molar-refractivity contribution is 0.174. The Kier molecular flexibility index (Phi) is 3.27. The van der Waals surface area contributed by atoms with Gasteiger partial charge in [-0.25, -0.2) is 4.39 Å². The van der Waals surface area contributed by atoms with E-state index in [1.807, 2.05) is 30.3 Å². The highest BCUT2D eigenvalue weighted by atomic mass is 32.1. The first-order chi connectivity index (χ1) is 12.3. The highest BCUT2D eigenvalue weighted by molar-refractivity contribution is 7.16. The summed E-state index contributed by atoms with van der Waals surface area (Å²) in [6.45, 7) is 0. The van der Waals surface area contributed by atoms with Gasteiger partial charge in [-0.3, -0.25) is 0 Å². The maximum atomic E-state index is 13.3. The van der Waals surface area contributed by atoms with E-state index >= 15 is 0 Å². The van der Waals surface area contributed by atoms with Crippen molar-refractivity contribution in [3.05, 3.63) is 64.9 Å². The molecule has 5 nitrogen and oxygen atoms in total. The molecule has 0 saturated carbocycles. The molecule has 25 heavy (non-hydrogen) atoms. The molecule has 0 saturated heterocycles. The van der Waals surface area contributed by atoms with Crippen molar-refractivity contribution >= 4 is 16.3 Å². The van der Waals surface area contributed by atoms with Crippen LogP contribution in [0.3, 0.4) is 0 Å². The van der Waals surface area contributed by atoms with Crippen LogP contribution < -0.4 is 4.74 Å². The van der Waals surface area contributed by atoms with Crippen LogP contribution in [0, 0.1) is 5.82 Å². The molecule has 7 heteroatoms. The predicted molar refractivity (Wildman–Crippen MR) is 92.2 cm³/mol. The van der Waals surface area contributed by atoms with E-state index < -0.39 is 0 Å². The molecule has 1 aliphatic rings. The minimum Gasteiger partial charge on any atom is -0.483 e. The fourth-order valence-corrected chi connectivity index (χ4v) is 3.96. The Morgan fingerprint density at radius 1 is 1.12 bits per heavy atom. The Labute approximate surface area is 146 Å². The highest BCUT2D eigenvalue weighted by Gasteiger charge is 2.26. The summed E-state index contributed by atoms with van der Waals surface area (Å²) in [5.41, 5.74) is 1.88. The summed E-state index contributed by atoms with van der Waals surface area (Å²) in [6, 6.07) is 14.5. The van der Waals surface area contributed by atoms with Crippen LogP contribution in [0.1, 0.15) is 23.1 Å². The molecule has 1 atom stereocenters. The first-order valence-corrected chi connectivity index (χ1v) is 8.82. The number of ether oxygens (including phenoxy) is 1. The summed E-state index contributed by atoms with van der Waals surface area (Å²) in [7, 11) is 0. The van der Waals surface area contributed by atoms with Crippen LogP contribution in [-0.4, -0.2) is 19.8 Å². The first kappa shape index (κ1) is 14.5. The van der Waals surface area contributed by atoms with Crippen LogP contribution in [0.4, 0.5) is 4.39 Å². The van der Waals surface area contributed by atoms with Gasteiger partial charge >= 0.3 is 0 Å². The second kappa shape index (κ2) is 5.63. The molecule has 0 N–H and O–H groups in total. The average Bonchev–Trinajstić information content (AvgIpc) is 3.22. The van der Waals surface area contributed by atoms with Gasteiger partial charge in [-0.2, -0.15) is 9.61 Å². The van der Waals surface area contributed by atoms with Gasteiger partial charge < -0.3 is 4.74 Å². The van der Waals surface area contributed by atoms with Crippen LogP contribution in [0.15, 0.2) is 48.5 Å². The van der Waals surface area contributed by atoms with E-state index in [-0.39, 0.29) is 11.9 Å². The third-order valence-corrected chi connectivity index (χ3v) is 5.27. The summed E-state index contributed by atoms with van der Waals surface area (Å²) in [4.78, 5) is 0.738. The first-order valence-electron chi connectivity index (χ1n) is 8.00. The Hall–Kier alpha value is -2.80. The molecule has 0 bridgehead atoms. The monoisotopic (exact) mass is 352 g/mol. The lowest BCUT2D eigenvalue weighted by Gasteiger charge is -2.24. The van der Waals surface area contributed by atoms with E-state index in [9.17, 15) is 4.39 Å². The minimum atomic E-state index is -0.230. The van der Waals surface area contributed by atoms with Crippen molar-refractivity contribution in [1.29, 1.82) is 0 Å². The summed E-state index contributed by atoms with van der Waals surface area (Å²) >= 11 is 1.48. The van der Waals surface area contributed by atoms with Crippen molar-refractivity contribution in [3.8, 4) is 17.1 Å². The van der Waals surface area contributed by atoms with Gasteiger partial charge in [0.15, 0.2) is 16.9 Å². The van der Waals surface area contributed by atoms with Crippen molar-refractivity contribution in [1.82, 2.24) is 19.8 Å². The summed E-state index contributed by atoms with van der Waals surface area (Å²) in [5.74, 6) is 1.22. The minimum absolute atomic E-state index is 0.145. The highest BCUT2D eigenvalue weighted by Crippen LogP contribution is 2.37. The van der Waals surface area contributed by atoms with Gasteiger partial charge in [0.05, 0.1) is 0 Å². The Morgan fingerprint density at radius 2 is 2.00 bits per heavy atom. The lowest BCUT2D eigenvalue weighted by atomic mass is 10.0. The Bertz CT molecular complexity index is 1060. The number of aromatic nitrogens is 4. The summed E-state index contributed by atoms with van der Waals surface area (Å²) in [6.07, 6.45) is 1.39. The number of aryl methyl sites for hydroxylation is 1. The van der Waals surface area contributed by atoms with Crippen LogP contribution in [0.5, 0.6) is 5.75 Å². The zero-order chi connectivity index (χ0) is 16.8. The van der Waals surface area contributed by atoms with Crippen molar-refractivity contribution in [3.63, 3.8) is 0 Å². The van der Waals surface area contributed by atoms with Crippen LogP contribution in [-0.2, 0) is 6.42 Å². The van der Waals surface area contributed by atoms with Gasteiger partial charge in [0.1, 0.15) is 11.6 Å². The molecule has 0 spiro atoms. The second-order valence-corrected chi connectivity index (χ2v) is 6.91. The summed E-state index contributed by atoms with van der Waals surface area (Å²) < 4.78 is 21.1. The van der Waals surface area contributed by atoms with Crippen molar-refractivity contribution in [2.45, 2.75) is 18.9 Å². The largest absolute Gasteiger partial charge is 0.483 e. The average molecular weight is 352 g/mol. The van der Waals surface area contributed by atoms with Crippen LogP contribution in [0.25, 0.3) is 16.3 Å². The number of halogens is 1. The lowest BCUT2D eigenvalue weighted by Crippen LogP contribution is -2.15. The molecule has 4 aromatic rings. The van der Waals surface area contributed by atoms with Gasteiger partial charge in [-0.1, -0.05) is 41.7 Å². The molecule has 1 aliphatic heterocycles. The number of fused-ring (bicyclic) bond motifs is 2. The van der Waals surface area contributed by atoms with E-state index in [1.165, 1.54) is 23.5 Å². The van der Waals surface area contributed by atoms with Gasteiger partial charge in [-0.15, -0.1) is 10.2 Å². The molecule has 1 unspecified atom stereocenters. The topological polar surface area (TPSA) is 52.3 Å². The van der Waals surface area contributed by atoms with E-state index in [0.717, 1.165) is 45.5 Å². The fourth-order valence-electron chi connectivity index (χ4n) is 3.06. The second-order valence-electron chi connectivity index (χ2n) is 5.92. The quantitative estimate of drug-likeness (QED) is 0.546. The van der Waals surface area contributed by atoms with Crippen molar-refractivity contribution < 1.29 is 9.13 Å². The molecule has 0 aliphatic carbocycles. The van der Waals surface area contributed by atoms with Crippen molar-refractivity contribution in [2.24, 2.45) is 0 Å². The molecular weight excluding hydrogens is 339 g/mol. The maximum Gasteiger partial charge on any atom is 0.235 e. The third kappa shape index (κ3) is 2.47. The van der Waals surface area contributed by atoms with Gasteiger partial charge in [0, 0.05) is 5.56 Å². The number of hydrogen-bond acceptors (Lipinski definition) is 5. The predicted octanol–water partition coefficient (Wildman–Crippen LogP) is 4.06. The molecule has 0 radical (unpaired) electrons. The molecule has 0 fully saturated rings. The van der Waals surface area contributed by atoms with Crippen molar-refractivity contribution in [2.75, 3.05) is 0 Å². The zero-order valence-corrected chi connectivity index (χ0v) is 13.9. The maximum absolute atomic E-state index is 13.3. The molecular formula is C18H13FN4OS. The SMILES string of the molecule is Fc1ccc2c(c1)CCC(c1nn3c(-c4ccccc4)nnc3s1)O2. The van der Waals surface area contributed by atoms with E-state index in [0.29, 0.717) is 0 Å². The van der Waals surface area contributed by atoms with E-state index in [4.69, 9.17) is 4.74 Å². The molecule has 3 heterocycles. The third-order valence-electron chi connectivity index (χ3n) is 4.28. The van der Waals surface area contributed by atoms with Gasteiger partial charge in [0.2, 0.25) is 4.96 Å². The number of hydrogen-bond donors (Lipinski definition) is 0. The van der Waals surface area contributed by atoms with Gasteiger partial charge in [0.25, 0.3) is 0 Å². The van der Waals surface area contributed by atoms with E-state index in [1.54, 1.807) is 10.6 Å². The molecule has 5 rings (SSSR count). The number of nitrogens with zero attached hydrogens (tertiary/aromatic N) is 4. The Morgan fingerprint density at radius 3 is 2.88 bits per heavy atom. The van der Waals surface area contributed by atoms with Crippen LogP contribution >= 0.6 is 11.3 Å². The fraction of sp³-hybridized carbons (Fsp3) is 0.167. The number of rotatable bonds is 2. The standard InChI is InChI=1S/C18H13FN4OS/c19-13-7-9-14-12(10-13)6-8-15(24-14)17-22-23-16(20-21-18(23)25-17)11-4-2-1-3-5-11/h1-5,7,9-10,15H,6,8H2. The smallest absolute Gasteiger partial charge is 0.235 e. The zero-order valence-electron chi connectivity index (χ0n) is 13.1. The molecule has 2 aromatic carbocycles. The normalized spacial score (nSPS) is 16.6. The number of benzene rings is 2. The van der Waals surface area contributed by atoms with E-state index in [2.05, 4.69) is 15.3 Å². The Balaban J connectivity index is 1.50.